The van der Waals surface area contributed by atoms with Crippen LogP contribution in [0.3, 0.4) is 0 Å². The number of nitrogens with zero attached hydrogens (tertiary/aromatic N) is 1. The standard InChI is InChI=1S/C23H23NO6/c1-29-13-4-2-12(3-5-13)18(25)11-30-19(26)8-9-24-22(27)20-14-6-7-15(17-10-16(14)17)21(20)23(24)28/h2-7,14-17,20-21H,8-11H2,1H3/t14-,15-,16-,17+,20-,21+/m0/s1. The van der Waals surface area contributed by atoms with Crippen LogP contribution in [0.1, 0.15) is 23.2 Å². The van der Waals surface area contributed by atoms with Gasteiger partial charge in [0.1, 0.15) is 5.75 Å². The van der Waals surface area contributed by atoms with Gasteiger partial charge in [-0.25, -0.2) is 0 Å². The van der Waals surface area contributed by atoms with E-state index in [1.807, 2.05) is 0 Å². The van der Waals surface area contributed by atoms with Gasteiger partial charge in [0, 0.05) is 12.1 Å². The van der Waals surface area contributed by atoms with E-state index in [9.17, 15) is 19.2 Å². The van der Waals surface area contributed by atoms with Gasteiger partial charge in [-0.15, -0.1) is 0 Å². The topological polar surface area (TPSA) is 90.0 Å². The van der Waals surface area contributed by atoms with Crippen LogP contribution in [-0.2, 0) is 19.1 Å². The number of hydrogen-bond acceptors (Lipinski definition) is 6. The molecule has 4 aliphatic carbocycles. The molecule has 7 heteroatoms. The van der Waals surface area contributed by atoms with Crippen LogP contribution >= 0.6 is 0 Å². The quantitative estimate of drug-likeness (QED) is 0.296. The second-order valence-corrected chi connectivity index (χ2v) is 8.55. The number of esters is 1. The fourth-order valence-corrected chi connectivity index (χ4v) is 5.52. The zero-order valence-electron chi connectivity index (χ0n) is 16.7. The molecule has 7 nitrogen and oxygen atoms in total. The maximum absolute atomic E-state index is 12.9. The van der Waals surface area contributed by atoms with E-state index in [0.717, 1.165) is 6.42 Å². The van der Waals surface area contributed by atoms with E-state index in [-0.39, 0.29) is 60.8 Å². The molecule has 3 fully saturated rings. The van der Waals surface area contributed by atoms with Gasteiger partial charge in [-0.05, 0) is 54.4 Å². The number of hydrogen-bond donors (Lipinski definition) is 0. The van der Waals surface area contributed by atoms with Crippen molar-refractivity contribution in [2.45, 2.75) is 12.8 Å². The van der Waals surface area contributed by atoms with Gasteiger partial charge in [0.25, 0.3) is 0 Å². The summed E-state index contributed by atoms with van der Waals surface area (Å²) in [6.07, 6.45) is 5.24. The summed E-state index contributed by atoms with van der Waals surface area (Å²) in [5.74, 6) is 0.301. The molecule has 2 amide bonds. The zero-order valence-corrected chi connectivity index (χ0v) is 16.7. The highest BCUT2D eigenvalue weighted by molar-refractivity contribution is 6.06. The van der Waals surface area contributed by atoms with Crippen LogP contribution in [-0.4, -0.2) is 48.7 Å². The molecular formula is C23H23NO6. The first kappa shape index (κ1) is 19.0. The van der Waals surface area contributed by atoms with Gasteiger partial charge >= 0.3 is 5.97 Å². The number of Topliss-reactive ketones (excluding diaryl/α,β-unsaturated/α-hetero) is 1. The Morgan fingerprint density at radius 1 is 1.00 bits per heavy atom. The first-order valence-electron chi connectivity index (χ1n) is 10.4. The first-order valence-corrected chi connectivity index (χ1v) is 10.4. The molecule has 6 rings (SSSR count). The molecule has 0 N–H and O–H groups in total. The molecule has 1 heterocycles. The van der Waals surface area contributed by atoms with Gasteiger partial charge in [0.2, 0.25) is 11.8 Å². The maximum atomic E-state index is 12.9. The van der Waals surface area contributed by atoms with E-state index in [4.69, 9.17) is 9.47 Å². The van der Waals surface area contributed by atoms with Crippen molar-refractivity contribution in [3.8, 4) is 5.75 Å². The summed E-state index contributed by atoms with van der Waals surface area (Å²) in [5.41, 5.74) is 0.416. The van der Waals surface area contributed by atoms with Crippen molar-refractivity contribution in [1.29, 1.82) is 0 Å². The number of imide groups is 1. The Morgan fingerprint density at radius 3 is 2.17 bits per heavy atom. The summed E-state index contributed by atoms with van der Waals surface area (Å²) < 4.78 is 10.1. The van der Waals surface area contributed by atoms with E-state index >= 15 is 0 Å². The van der Waals surface area contributed by atoms with Crippen molar-refractivity contribution in [2.75, 3.05) is 20.3 Å². The second kappa shape index (κ2) is 7.07. The van der Waals surface area contributed by atoms with E-state index < -0.39 is 5.97 Å². The predicted octanol–water partition coefficient (Wildman–Crippen LogP) is 1.86. The second-order valence-electron chi connectivity index (χ2n) is 8.55. The van der Waals surface area contributed by atoms with Crippen LogP contribution < -0.4 is 4.74 Å². The summed E-state index contributed by atoms with van der Waals surface area (Å²) in [6.45, 7) is -0.370. The van der Waals surface area contributed by atoms with Crippen LogP contribution in [0.15, 0.2) is 36.4 Å². The van der Waals surface area contributed by atoms with Gasteiger partial charge in [-0.2, -0.15) is 0 Å². The lowest BCUT2D eigenvalue weighted by Crippen LogP contribution is -2.40. The average molecular weight is 409 g/mol. The van der Waals surface area contributed by atoms with E-state index in [1.54, 1.807) is 24.3 Å². The third-order valence-corrected chi connectivity index (χ3v) is 7.07. The number of methoxy groups -OCH3 is 1. The minimum Gasteiger partial charge on any atom is -0.497 e. The Kier molecular flexibility index (Phi) is 4.49. The molecule has 2 saturated carbocycles. The van der Waals surface area contributed by atoms with Gasteiger partial charge in [-0.3, -0.25) is 24.1 Å². The molecule has 1 aromatic rings. The van der Waals surface area contributed by atoms with Gasteiger partial charge < -0.3 is 9.47 Å². The van der Waals surface area contributed by atoms with Crippen LogP contribution in [0.5, 0.6) is 5.75 Å². The predicted molar refractivity (Wildman–Crippen MR) is 104 cm³/mol. The summed E-state index contributed by atoms with van der Waals surface area (Å²) in [6, 6.07) is 6.52. The van der Waals surface area contributed by atoms with Crippen molar-refractivity contribution in [3.05, 3.63) is 42.0 Å². The monoisotopic (exact) mass is 409 g/mol. The number of likely N-dealkylation sites (tertiary alicyclic amines) is 1. The molecule has 6 atom stereocenters. The molecule has 2 bridgehead atoms. The Morgan fingerprint density at radius 2 is 1.60 bits per heavy atom. The lowest BCUT2D eigenvalue weighted by Gasteiger charge is -2.37. The molecule has 1 saturated heterocycles. The third kappa shape index (κ3) is 2.95. The van der Waals surface area contributed by atoms with Gasteiger partial charge in [-0.1, -0.05) is 12.2 Å². The average Bonchev–Trinajstić information content (AvgIpc) is 3.55. The number of benzene rings is 1. The number of rotatable bonds is 7. The lowest BCUT2D eigenvalue weighted by molar-refractivity contribution is -0.145. The number of ketones is 1. The van der Waals surface area contributed by atoms with Crippen molar-refractivity contribution >= 4 is 23.6 Å². The molecule has 5 aliphatic rings. The molecule has 0 aromatic heterocycles. The number of allylic oxidation sites excluding steroid dienone is 2. The molecule has 0 radical (unpaired) electrons. The van der Waals surface area contributed by atoms with Crippen LogP contribution in [0.25, 0.3) is 0 Å². The molecule has 0 spiro atoms. The minimum atomic E-state index is -0.601. The molecule has 1 aliphatic heterocycles. The van der Waals surface area contributed by atoms with Gasteiger partial charge in [0.05, 0.1) is 25.4 Å². The van der Waals surface area contributed by atoms with Crippen LogP contribution in [0.4, 0.5) is 0 Å². The van der Waals surface area contributed by atoms with Crippen LogP contribution in [0, 0.1) is 35.5 Å². The highest BCUT2D eigenvalue weighted by atomic mass is 16.5. The zero-order chi connectivity index (χ0) is 21.0. The number of carbonyl (C=O) groups excluding carboxylic acids is 4. The van der Waals surface area contributed by atoms with E-state index in [0.29, 0.717) is 23.1 Å². The minimum absolute atomic E-state index is 0.00893. The maximum Gasteiger partial charge on any atom is 0.308 e. The van der Waals surface area contributed by atoms with Crippen molar-refractivity contribution in [3.63, 3.8) is 0 Å². The smallest absolute Gasteiger partial charge is 0.308 e. The molecular weight excluding hydrogens is 386 g/mol. The van der Waals surface area contributed by atoms with Gasteiger partial charge in [0.15, 0.2) is 12.4 Å². The number of ether oxygens (including phenoxy) is 2. The molecule has 156 valence electrons. The molecule has 1 aromatic carbocycles. The number of amides is 2. The van der Waals surface area contributed by atoms with E-state index in [2.05, 4.69) is 12.2 Å². The first-order chi connectivity index (χ1) is 14.5. The third-order valence-electron chi connectivity index (χ3n) is 7.07. The highest BCUT2D eigenvalue weighted by Gasteiger charge is 2.66. The van der Waals surface area contributed by atoms with Crippen molar-refractivity contribution < 1.29 is 28.7 Å². The largest absolute Gasteiger partial charge is 0.497 e. The summed E-state index contributed by atoms with van der Waals surface area (Å²) in [4.78, 5) is 51.2. The Balaban J connectivity index is 1.14. The Hall–Kier alpha value is -2.96. The van der Waals surface area contributed by atoms with Crippen LogP contribution in [0.2, 0.25) is 0 Å². The fraction of sp³-hybridized carbons (Fsp3) is 0.478. The van der Waals surface area contributed by atoms with Crippen molar-refractivity contribution in [2.24, 2.45) is 35.5 Å². The normalized spacial score (nSPS) is 32.6. The lowest BCUT2D eigenvalue weighted by atomic mass is 9.63. The fourth-order valence-electron chi connectivity index (χ4n) is 5.52. The summed E-state index contributed by atoms with van der Waals surface area (Å²) >= 11 is 0. The van der Waals surface area contributed by atoms with Crippen molar-refractivity contribution in [1.82, 2.24) is 4.90 Å². The molecule has 0 unspecified atom stereocenters. The summed E-state index contributed by atoms with van der Waals surface area (Å²) in [7, 11) is 1.54. The SMILES string of the molecule is COc1ccc(C(=O)COC(=O)CCN2C(=O)[C@@H]3[C@H]4C=C[C@@H]([C@@H]5C[C@H]45)[C@@H]3C2=O)cc1. The number of carbonyl (C=O) groups is 4. The Bertz CT molecular complexity index is 915. The Labute approximate surface area is 174 Å². The molecule has 30 heavy (non-hydrogen) atoms. The van der Waals surface area contributed by atoms with E-state index in [1.165, 1.54) is 12.0 Å². The highest BCUT2D eigenvalue weighted by Crippen LogP contribution is 2.65. The summed E-state index contributed by atoms with van der Waals surface area (Å²) in [5, 5.41) is 0.